The van der Waals surface area contributed by atoms with Crippen LogP contribution in [-0.4, -0.2) is 61.2 Å². The van der Waals surface area contributed by atoms with E-state index in [2.05, 4.69) is 15.4 Å². The van der Waals surface area contributed by atoms with Crippen molar-refractivity contribution in [2.75, 3.05) is 33.3 Å². The zero-order valence-electron chi connectivity index (χ0n) is 26.7. The monoisotopic (exact) mass is 632 g/mol. The molecule has 1 aliphatic heterocycles. The highest BCUT2D eigenvalue weighted by atomic mass is 19.1. The van der Waals surface area contributed by atoms with Gasteiger partial charge in [0.25, 0.3) is 5.91 Å². The standard InChI is InChI=1S/C36H45FN4O5/c1-25-8-3-9-28(22-25)33-30(11-4-12-31(33)37)36(45,18-7-20-40-35(44)46-2)29-10-6-21-41(24-29)34(43)27-16-14-26(15-17-27)23-39-19-5-13-32(38)42/h3-4,8-9,11-12,14-17,22,29,39,45H,5-7,10,13,18-21,23-24H2,1-2H3,(H2,38,42)(H,40,44)/t29-,36?/m1/s1. The Morgan fingerprint density at radius 1 is 1.07 bits per heavy atom. The lowest BCUT2D eigenvalue weighted by molar-refractivity contribution is -0.118. The summed E-state index contributed by atoms with van der Waals surface area (Å²) in [5.41, 5.74) is 7.73. The number of methoxy groups -OCH3 is 1. The molecular weight excluding hydrogens is 587 g/mol. The van der Waals surface area contributed by atoms with Crippen LogP contribution in [0.4, 0.5) is 9.18 Å². The number of benzene rings is 3. The molecule has 1 heterocycles. The van der Waals surface area contributed by atoms with Crippen LogP contribution in [0, 0.1) is 18.7 Å². The molecule has 0 bridgehead atoms. The number of nitrogens with one attached hydrogen (secondary N) is 2. The highest BCUT2D eigenvalue weighted by Crippen LogP contribution is 2.44. The molecule has 0 aromatic heterocycles. The van der Waals surface area contributed by atoms with E-state index in [-0.39, 0.29) is 30.7 Å². The van der Waals surface area contributed by atoms with Gasteiger partial charge in [0.15, 0.2) is 0 Å². The first-order valence-electron chi connectivity index (χ1n) is 15.9. The van der Waals surface area contributed by atoms with Gasteiger partial charge in [-0.25, -0.2) is 9.18 Å². The number of nitrogens with zero attached hydrogens (tertiary/aromatic N) is 1. The molecule has 246 valence electrons. The summed E-state index contributed by atoms with van der Waals surface area (Å²) >= 11 is 0. The van der Waals surface area contributed by atoms with E-state index in [0.29, 0.717) is 80.5 Å². The summed E-state index contributed by atoms with van der Waals surface area (Å²) in [6.45, 7) is 4.32. The van der Waals surface area contributed by atoms with E-state index in [9.17, 15) is 19.5 Å². The van der Waals surface area contributed by atoms with Gasteiger partial charge in [0.1, 0.15) is 5.82 Å². The van der Waals surface area contributed by atoms with Gasteiger partial charge >= 0.3 is 6.09 Å². The Labute approximate surface area is 270 Å². The lowest BCUT2D eigenvalue weighted by Crippen LogP contribution is -2.48. The minimum atomic E-state index is -1.48. The molecule has 2 atom stereocenters. The van der Waals surface area contributed by atoms with Crippen LogP contribution in [0.25, 0.3) is 11.1 Å². The molecule has 46 heavy (non-hydrogen) atoms. The van der Waals surface area contributed by atoms with E-state index in [1.54, 1.807) is 29.2 Å². The Morgan fingerprint density at radius 3 is 2.54 bits per heavy atom. The average Bonchev–Trinajstić information content (AvgIpc) is 3.06. The van der Waals surface area contributed by atoms with Gasteiger partial charge in [-0.2, -0.15) is 0 Å². The van der Waals surface area contributed by atoms with Crippen LogP contribution in [0.1, 0.15) is 65.6 Å². The zero-order valence-corrected chi connectivity index (χ0v) is 26.7. The third-order valence-corrected chi connectivity index (χ3v) is 8.67. The van der Waals surface area contributed by atoms with E-state index >= 15 is 4.39 Å². The summed E-state index contributed by atoms with van der Waals surface area (Å²) in [4.78, 5) is 38.1. The summed E-state index contributed by atoms with van der Waals surface area (Å²) in [5, 5.41) is 18.6. The van der Waals surface area contributed by atoms with Crippen molar-refractivity contribution in [3.05, 3.63) is 94.8 Å². The molecule has 1 saturated heterocycles. The van der Waals surface area contributed by atoms with Gasteiger partial charge in [-0.05, 0) is 80.5 Å². The first kappa shape index (κ1) is 34.6. The second kappa shape index (κ2) is 16.3. The maximum atomic E-state index is 15.6. The van der Waals surface area contributed by atoms with Crippen LogP contribution in [0.15, 0.2) is 66.7 Å². The number of amides is 3. The number of carbonyl (C=O) groups excluding carboxylic acids is 3. The van der Waals surface area contributed by atoms with Gasteiger partial charge in [-0.1, -0.05) is 54.1 Å². The van der Waals surface area contributed by atoms with Gasteiger partial charge in [0, 0.05) is 49.6 Å². The SMILES string of the molecule is COC(=O)NCCCC(O)(c1cccc(F)c1-c1cccc(C)c1)[C@@H]1CCCN(C(=O)c2ccc(CNCCCC(N)=O)cc2)C1. The van der Waals surface area contributed by atoms with Gasteiger partial charge in [-0.15, -0.1) is 0 Å². The van der Waals surface area contributed by atoms with Crippen molar-refractivity contribution in [3.63, 3.8) is 0 Å². The van der Waals surface area contributed by atoms with Crippen LogP contribution in [0.5, 0.6) is 0 Å². The third kappa shape index (κ3) is 8.92. The van der Waals surface area contributed by atoms with E-state index in [0.717, 1.165) is 11.1 Å². The van der Waals surface area contributed by atoms with Crippen LogP contribution in [0.2, 0.25) is 0 Å². The summed E-state index contributed by atoms with van der Waals surface area (Å²) < 4.78 is 20.3. The fraction of sp³-hybridized carbons (Fsp3) is 0.417. The normalized spacial score (nSPS) is 16.0. The molecular formula is C36H45FN4O5. The number of aliphatic hydroxyl groups is 1. The Kier molecular flexibility index (Phi) is 12.3. The fourth-order valence-corrected chi connectivity index (χ4v) is 6.28. The molecule has 4 rings (SSSR count). The number of hydrogen-bond donors (Lipinski definition) is 4. The summed E-state index contributed by atoms with van der Waals surface area (Å²) in [5.74, 6) is -1.25. The van der Waals surface area contributed by atoms with E-state index < -0.39 is 17.5 Å². The number of rotatable bonds is 14. The highest BCUT2D eigenvalue weighted by Gasteiger charge is 2.43. The number of alkyl carbamates (subject to hydrolysis) is 1. The number of halogens is 1. The van der Waals surface area contributed by atoms with Crippen LogP contribution in [-0.2, 0) is 21.7 Å². The predicted molar refractivity (Wildman–Crippen MR) is 175 cm³/mol. The topological polar surface area (TPSA) is 134 Å². The van der Waals surface area contributed by atoms with E-state index in [1.165, 1.54) is 13.2 Å². The molecule has 0 radical (unpaired) electrons. The largest absolute Gasteiger partial charge is 0.453 e. The lowest BCUT2D eigenvalue weighted by atomic mass is 9.72. The van der Waals surface area contributed by atoms with Crippen molar-refractivity contribution in [1.82, 2.24) is 15.5 Å². The smallest absolute Gasteiger partial charge is 0.406 e. The van der Waals surface area contributed by atoms with E-state index in [4.69, 9.17) is 5.73 Å². The lowest BCUT2D eigenvalue weighted by Gasteiger charge is -2.43. The number of carbonyl (C=O) groups is 3. The first-order chi connectivity index (χ1) is 22.1. The summed E-state index contributed by atoms with van der Waals surface area (Å²) in [6.07, 6.45) is 2.43. The molecule has 3 amide bonds. The van der Waals surface area contributed by atoms with Crippen LogP contribution >= 0.6 is 0 Å². The number of nitrogens with two attached hydrogens (primary N) is 1. The van der Waals surface area contributed by atoms with Gasteiger partial charge in [-0.3, -0.25) is 9.59 Å². The number of ether oxygens (including phenoxy) is 1. The van der Waals surface area contributed by atoms with Gasteiger partial charge < -0.3 is 31.1 Å². The van der Waals surface area contributed by atoms with Gasteiger partial charge in [0.2, 0.25) is 5.91 Å². The molecule has 9 nitrogen and oxygen atoms in total. The summed E-state index contributed by atoms with van der Waals surface area (Å²) in [6, 6.07) is 19.8. The van der Waals surface area contributed by atoms with Crippen molar-refractivity contribution in [1.29, 1.82) is 0 Å². The molecule has 3 aromatic rings. The molecule has 1 aliphatic rings. The molecule has 1 fully saturated rings. The molecule has 3 aromatic carbocycles. The zero-order chi connectivity index (χ0) is 33.1. The van der Waals surface area contributed by atoms with Crippen LogP contribution < -0.4 is 16.4 Å². The molecule has 0 spiro atoms. The number of hydrogen-bond acceptors (Lipinski definition) is 6. The minimum Gasteiger partial charge on any atom is -0.453 e. The average molecular weight is 633 g/mol. The number of aryl methyl sites for hydroxylation is 1. The first-order valence-corrected chi connectivity index (χ1v) is 15.9. The van der Waals surface area contributed by atoms with Crippen molar-refractivity contribution >= 4 is 17.9 Å². The molecule has 0 saturated carbocycles. The Balaban J connectivity index is 1.56. The highest BCUT2D eigenvalue weighted by molar-refractivity contribution is 5.94. The maximum absolute atomic E-state index is 15.6. The molecule has 1 unspecified atom stereocenters. The maximum Gasteiger partial charge on any atom is 0.406 e. The van der Waals surface area contributed by atoms with Gasteiger partial charge in [0.05, 0.1) is 12.7 Å². The molecule has 5 N–H and O–H groups in total. The number of piperidine rings is 1. The number of likely N-dealkylation sites (tertiary alicyclic amines) is 1. The Hall–Kier alpha value is -4.28. The quantitative estimate of drug-likeness (QED) is 0.184. The number of primary amides is 1. The third-order valence-electron chi connectivity index (χ3n) is 8.67. The van der Waals surface area contributed by atoms with Crippen LogP contribution in [0.3, 0.4) is 0 Å². The Morgan fingerprint density at radius 2 is 1.83 bits per heavy atom. The van der Waals surface area contributed by atoms with E-state index in [1.807, 2.05) is 43.3 Å². The Bertz CT molecular complexity index is 1500. The summed E-state index contributed by atoms with van der Waals surface area (Å²) in [7, 11) is 1.29. The molecule has 0 aliphatic carbocycles. The fourth-order valence-electron chi connectivity index (χ4n) is 6.28. The second-order valence-corrected chi connectivity index (χ2v) is 12.0. The molecule has 10 heteroatoms. The van der Waals surface area contributed by atoms with Crippen molar-refractivity contribution in [3.8, 4) is 11.1 Å². The predicted octanol–water partition coefficient (Wildman–Crippen LogP) is 5.03. The minimum absolute atomic E-state index is 0.126. The van der Waals surface area contributed by atoms with Crippen molar-refractivity contribution in [2.24, 2.45) is 11.7 Å². The van der Waals surface area contributed by atoms with Crippen molar-refractivity contribution < 1.29 is 28.6 Å². The van der Waals surface area contributed by atoms with Crippen molar-refractivity contribution in [2.45, 2.75) is 57.6 Å². The second-order valence-electron chi connectivity index (χ2n) is 12.0.